The van der Waals surface area contributed by atoms with Crippen LogP contribution in [0.3, 0.4) is 0 Å². The van der Waals surface area contributed by atoms with Gasteiger partial charge in [0.25, 0.3) is 0 Å². The summed E-state index contributed by atoms with van der Waals surface area (Å²) in [5.41, 5.74) is 5.89. The molecular weight excluding hydrogens is 182 g/mol. The average molecular weight is 204 g/mol. The number of nitrogens with two attached hydrogens (primary N) is 1. The average Bonchev–Trinajstić information content (AvgIpc) is 2.67. The molecule has 1 saturated heterocycles. The number of hydrogen-bond acceptors (Lipinski definition) is 0. The van der Waals surface area contributed by atoms with E-state index in [0.29, 0.717) is 0 Å². The molecule has 0 aromatic heterocycles. The molecule has 82 valence electrons. The molecule has 1 aliphatic heterocycles. The summed E-state index contributed by atoms with van der Waals surface area (Å²) in [5.74, 6) is 0. The summed E-state index contributed by atoms with van der Waals surface area (Å²) in [5, 5.41) is 2.51. The van der Waals surface area contributed by atoms with E-state index in [4.69, 9.17) is 0 Å². The second kappa shape index (κ2) is 4.36. The molecule has 1 heterocycles. The van der Waals surface area contributed by atoms with Gasteiger partial charge in [-0.3, -0.25) is 0 Å². The maximum atomic E-state index is 2.51. The minimum absolute atomic E-state index is 0.839. The third-order valence-electron chi connectivity index (χ3n) is 3.71. The van der Waals surface area contributed by atoms with Crippen molar-refractivity contribution in [1.82, 2.24) is 0 Å². The SMILES string of the molecule is Cc1cc(C)c(C[C@@H]2CCC[NH2+]2)cc1C. The molecule has 0 aliphatic carbocycles. The highest BCUT2D eigenvalue weighted by atomic mass is 14.9. The Balaban J connectivity index is 2.16. The fourth-order valence-electron chi connectivity index (χ4n) is 2.56. The second-order valence-electron chi connectivity index (χ2n) is 4.99. The van der Waals surface area contributed by atoms with E-state index in [2.05, 4.69) is 38.2 Å². The van der Waals surface area contributed by atoms with Gasteiger partial charge in [0.1, 0.15) is 0 Å². The van der Waals surface area contributed by atoms with Crippen LogP contribution in [0.25, 0.3) is 0 Å². The first-order valence-corrected chi connectivity index (χ1v) is 6.07. The van der Waals surface area contributed by atoms with Crippen molar-refractivity contribution in [2.24, 2.45) is 0 Å². The highest BCUT2D eigenvalue weighted by molar-refractivity contribution is 5.36. The van der Waals surface area contributed by atoms with Crippen molar-refractivity contribution in [1.29, 1.82) is 0 Å². The van der Waals surface area contributed by atoms with E-state index in [1.807, 2.05) is 0 Å². The first-order valence-electron chi connectivity index (χ1n) is 6.07. The Hall–Kier alpha value is -0.820. The van der Waals surface area contributed by atoms with E-state index in [0.717, 1.165) is 6.04 Å². The van der Waals surface area contributed by atoms with Crippen LogP contribution in [-0.2, 0) is 6.42 Å². The molecule has 1 aromatic rings. The molecule has 1 fully saturated rings. The largest absolute Gasteiger partial charge is 0.344 e. The van der Waals surface area contributed by atoms with Crippen LogP contribution in [0.5, 0.6) is 0 Å². The van der Waals surface area contributed by atoms with E-state index < -0.39 is 0 Å². The minimum Gasteiger partial charge on any atom is -0.344 e. The van der Waals surface area contributed by atoms with Crippen LogP contribution in [-0.4, -0.2) is 12.6 Å². The molecule has 0 amide bonds. The third kappa shape index (κ3) is 2.40. The molecule has 0 bridgehead atoms. The first-order chi connectivity index (χ1) is 7.16. The van der Waals surface area contributed by atoms with Gasteiger partial charge in [0.05, 0.1) is 12.6 Å². The van der Waals surface area contributed by atoms with Crippen molar-refractivity contribution in [2.45, 2.75) is 46.1 Å². The maximum Gasteiger partial charge on any atom is 0.0902 e. The van der Waals surface area contributed by atoms with E-state index in [-0.39, 0.29) is 0 Å². The van der Waals surface area contributed by atoms with Crippen molar-refractivity contribution in [2.75, 3.05) is 6.54 Å². The van der Waals surface area contributed by atoms with Crippen molar-refractivity contribution in [3.05, 3.63) is 34.4 Å². The zero-order valence-electron chi connectivity index (χ0n) is 10.1. The molecule has 1 atom stereocenters. The summed E-state index contributed by atoms with van der Waals surface area (Å²) in [7, 11) is 0. The Labute approximate surface area is 92.9 Å². The lowest BCUT2D eigenvalue weighted by Gasteiger charge is -2.12. The smallest absolute Gasteiger partial charge is 0.0902 e. The van der Waals surface area contributed by atoms with Gasteiger partial charge in [0.15, 0.2) is 0 Å². The molecule has 0 unspecified atom stereocenters. The van der Waals surface area contributed by atoms with Gasteiger partial charge in [-0.15, -0.1) is 0 Å². The number of hydrogen-bond donors (Lipinski definition) is 1. The minimum atomic E-state index is 0.839. The fraction of sp³-hybridized carbons (Fsp3) is 0.571. The van der Waals surface area contributed by atoms with E-state index in [1.165, 1.54) is 42.5 Å². The highest BCUT2D eigenvalue weighted by Crippen LogP contribution is 2.17. The van der Waals surface area contributed by atoms with Crippen LogP contribution in [0.15, 0.2) is 12.1 Å². The Kier molecular flexibility index (Phi) is 3.11. The van der Waals surface area contributed by atoms with Gasteiger partial charge >= 0.3 is 0 Å². The number of aryl methyl sites for hydroxylation is 3. The molecule has 1 aliphatic rings. The van der Waals surface area contributed by atoms with E-state index in [9.17, 15) is 0 Å². The Bertz CT molecular complexity index is 349. The molecule has 1 heteroatoms. The Morgan fingerprint density at radius 3 is 2.53 bits per heavy atom. The lowest BCUT2D eigenvalue weighted by molar-refractivity contribution is -0.669. The lowest BCUT2D eigenvalue weighted by atomic mass is 9.95. The topological polar surface area (TPSA) is 16.6 Å². The predicted molar refractivity (Wildman–Crippen MR) is 64.2 cm³/mol. The lowest BCUT2D eigenvalue weighted by Crippen LogP contribution is -2.87. The number of quaternary nitrogens is 1. The molecule has 0 radical (unpaired) electrons. The van der Waals surface area contributed by atoms with Gasteiger partial charge in [0, 0.05) is 19.3 Å². The van der Waals surface area contributed by atoms with Crippen molar-refractivity contribution < 1.29 is 5.32 Å². The van der Waals surface area contributed by atoms with Gasteiger partial charge in [-0.25, -0.2) is 0 Å². The summed E-state index contributed by atoms with van der Waals surface area (Å²) >= 11 is 0. The van der Waals surface area contributed by atoms with Crippen LogP contribution < -0.4 is 5.32 Å². The predicted octanol–water partition coefficient (Wildman–Crippen LogP) is 1.88. The Morgan fingerprint density at radius 2 is 1.87 bits per heavy atom. The van der Waals surface area contributed by atoms with Gasteiger partial charge < -0.3 is 5.32 Å². The highest BCUT2D eigenvalue weighted by Gasteiger charge is 2.19. The van der Waals surface area contributed by atoms with Crippen molar-refractivity contribution in [3.63, 3.8) is 0 Å². The number of benzene rings is 1. The van der Waals surface area contributed by atoms with Crippen LogP contribution in [0, 0.1) is 20.8 Å². The molecule has 0 spiro atoms. The summed E-state index contributed by atoms with van der Waals surface area (Å²) in [4.78, 5) is 0. The van der Waals surface area contributed by atoms with E-state index >= 15 is 0 Å². The zero-order valence-corrected chi connectivity index (χ0v) is 10.1. The quantitative estimate of drug-likeness (QED) is 0.757. The summed E-state index contributed by atoms with van der Waals surface area (Å²) in [6, 6.07) is 5.56. The summed E-state index contributed by atoms with van der Waals surface area (Å²) in [6.45, 7) is 8.00. The van der Waals surface area contributed by atoms with Crippen molar-refractivity contribution >= 4 is 0 Å². The van der Waals surface area contributed by atoms with Crippen LogP contribution in [0.4, 0.5) is 0 Å². The monoisotopic (exact) mass is 204 g/mol. The van der Waals surface area contributed by atoms with Gasteiger partial charge in [-0.05, 0) is 43.0 Å². The van der Waals surface area contributed by atoms with Gasteiger partial charge in [-0.2, -0.15) is 0 Å². The Morgan fingerprint density at radius 1 is 1.13 bits per heavy atom. The normalized spacial score (nSPS) is 20.9. The van der Waals surface area contributed by atoms with Crippen LogP contribution >= 0.6 is 0 Å². The molecule has 0 saturated carbocycles. The van der Waals surface area contributed by atoms with Crippen LogP contribution in [0.2, 0.25) is 0 Å². The zero-order chi connectivity index (χ0) is 10.8. The van der Waals surface area contributed by atoms with Gasteiger partial charge in [-0.1, -0.05) is 12.1 Å². The molecular formula is C14H22N+. The van der Waals surface area contributed by atoms with E-state index in [1.54, 1.807) is 5.56 Å². The third-order valence-corrected chi connectivity index (χ3v) is 3.71. The van der Waals surface area contributed by atoms with Crippen LogP contribution in [0.1, 0.15) is 35.1 Å². The fourth-order valence-corrected chi connectivity index (χ4v) is 2.56. The maximum absolute atomic E-state index is 2.51. The van der Waals surface area contributed by atoms with Crippen molar-refractivity contribution in [3.8, 4) is 0 Å². The molecule has 2 N–H and O–H groups in total. The standard InChI is InChI=1S/C14H21N/c1-10-7-12(3)13(8-11(10)2)9-14-5-4-6-15-14/h7-8,14-15H,4-6,9H2,1-3H3/p+1/t14-/m0/s1. The summed E-state index contributed by atoms with van der Waals surface area (Å²) in [6.07, 6.45) is 4.05. The molecule has 15 heavy (non-hydrogen) atoms. The number of rotatable bonds is 2. The second-order valence-corrected chi connectivity index (χ2v) is 4.99. The molecule has 1 aromatic carbocycles. The first kappa shape index (κ1) is 10.7. The van der Waals surface area contributed by atoms with Gasteiger partial charge in [0.2, 0.25) is 0 Å². The summed E-state index contributed by atoms with van der Waals surface area (Å²) < 4.78 is 0. The molecule has 1 nitrogen and oxygen atoms in total. The molecule has 2 rings (SSSR count).